The monoisotopic (exact) mass is 328 g/mol. The van der Waals surface area contributed by atoms with Crippen LogP contribution in [0.5, 0.6) is 11.5 Å². The molecule has 0 saturated heterocycles. The lowest BCUT2D eigenvalue weighted by Crippen LogP contribution is -2.27. The summed E-state index contributed by atoms with van der Waals surface area (Å²) in [6.07, 6.45) is 0.751. The smallest absolute Gasteiger partial charge is 0.267 e. The highest BCUT2D eigenvalue weighted by Crippen LogP contribution is 2.32. The molecule has 2 aromatic heterocycles. The normalized spacial score (nSPS) is 12.7. The highest BCUT2D eigenvalue weighted by Gasteiger charge is 2.15. The van der Waals surface area contributed by atoms with E-state index in [9.17, 15) is 4.79 Å². The quantitative estimate of drug-likeness (QED) is 0.801. The van der Waals surface area contributed by atoms with Crippen LogP contribution in [0.25, 0.3) is 10.2 Å². The molecular weight excluding hydrogens is 312 g/mol. The Morgan fingerprint density at radius 1 is 1.26 bits per heavy atom. The number of aryl methyl sites for hydroxylation is 1. The van der Waals surface area contributed by atoms with E-state index >= 15 is 0 Å². The zero-order valence-electron chi connectivity index (χ0n) is 12.7. The zero-order chi connectivity index (χ0) is 15.8. The van der Waals surface area contributed by atoms with Crippen LogP contribution in [0.15, 0.2) is 35.7 Å². The van der Waals surface area contributed by atoms with Gasteiger partial charge in [0.2, 0.25) is 6.79 Å². The van der Waals surface area contributed by atoms with Crippen molar-refractivity contribution < 1.29 is 14.3 Å². The van der Waals surface area contributed by atoms with Gasteiger partial charge in [0.15, 0.2) is 11.5 Å². The number of amides is 1. The van der Waals surface area contributed by atoms with E-state index in [-0.39, 0.29) is 12.7 Å². The molecule has 3 aromatic rings. The molecule has 3 heterocycles. The maximum atomic E-state index is 12.3. The first-order valence-corrected chi connectivity index (χ1v) is 8.30. The van der Waals surface area contributed by atoms with E-state index in [1.807, 2.05) is 47.3 Å². The van der Waals surface area contributed by atoms with Gasteiger partial charge in [0, 0.05) is 13.6 Å². The number of hydrogen-bond acceptors (Lipinski definition) is 4. The van der Waals surface area contributed by atoms with Crippen molar-refractivity contribution in [2.45, 2.75) is 6.42 Å². The van der Waals surface area contributed by atoms with Gasteiger partial charge in [-0.15, -0.1) is 11.3 Å². The number of benzene rings is 1. The van der Waals surface area contributed by atoms with Crippen molar-refractivity contribution in [2.24, 2.45) is 7.05 Å². The standard InChI is InChI=1S/C17H16N2O3S/c1-19-12-5-7-23-16(12)9-13(19)17(20)18-6-4-11-2-3-14-15(8-11)22-10-21-14/h2-3,5,7-9H,4,6,10H2,1H3,(H,18,20). The van der Waals surface area contributed by atoms with E-state index in [1.54, 1.807) is 11.3 Å². The third-order valence-corrected chi connectivity index (χ3v) is 4.89. The zero-order valence-corrected chi connectivity index (χ0v) is 13.5. The van der Waals surface area contributed by atoms with Crippen molar-refractivity contribution in [1.29, 1.82) is 0 Å². The number of carbonyl (C=O) groups is 1. The van der Waals surface area contributed by atoms with Crippen LogP contribution < -0.4 is 14.8 Å². The molecule has 0 aliphatic carbocycles. The maximum Gasteiger partial charge on any atom is 0.267 e. The summed E-state index contributed by atoms with van der Waals surface area (Å²) in [6.45, 7) is 0.859. The van der Waals surface area contributed by atoms with Crippen molar-refractivity contribution in [3.63, 3.8) is 0 Å². The third-order valence-electron chi connectivity index (χ3n) is 4.03. The van der Waals surface area contributed by atoms with Crippen LogP contribution in [-0.4, -0.2) is 23.8 Å². The summed E-state index contributed by atoms with van der Waals surface area (Å²) < 4.78 is 13.7. The molecule has 5 nitrogen and oxygen atoms in total. The summed E-state index contributed by atoms with van der Waals surface area (Å²) in [5, 5.41) is 5.01. The molecule has 1 N–H and O–H groups in total. The molecule has 4 rings (SSSR count). The fourth-order valence-corrected chi connectivity index (χ4v) is 3.62. The van der Waals surface area contributed by atoms with Crippen molar-refractivity contribution in [3.8, 4) is 11.5 Å². The minimum atomic E-state index is -0.0448. The van der Waals surface area contributed by atoms with E-state index in [0.29, 0.717) is 12.2 Å². The SMILES string of the molecule is Cn1c(C(=O)NCCc2ccc3c(c2)OCO3)cc2sccc21. The number of rotatable bonds is 4. The first-order chi connectivity index (χ1) is 11.2. The minimum absolute atomic E-state index is 0.0448. The van der Waals surface area contributed by atoms with Gasteiger partial charge in [-0.05, 0) is 41.6 Å². The second kappa shape index (κ2) is 5.62. The molecule has 0 unspecified atom stereocenters. The van der Waals surface area contributed by atoms with Gasteiger partial charge in [-0.2, -0.15) is 0 Å². The van der Waals surface area contributed by atoms with E-state index in [4.69, 9.17) is 9.47 Å². The van der Waals surface area contributed by atoms with E-state index in [1.165, 1.54) is 0 Å². The van der Waals surface area contributed by atoms with Crippen molar-refractivity contribution in [3.05, 3.63) is 47.0 Å². The summed E-state index contributed by atoms with van der Waals surface area (Å²) in [4.78, 5) is 12.3. The van der Waals surface area contributed by atoms with Gasteiger partial charge >= 0.3 is 0 Å². The molecule has 1 aromatic carbocycles. The number of nitrogens with one attached hydrogen (secondary N) is 1. The number of ether oxygens (including phenoxy) is 2. The number of nitrogens with zero attached hydrogens (tertiary/aromatic N) is 1. The van der Waals surface area contributed by atoms with Gasteiger partial charge < -0.3 is 19.4 Å². The van der Waals surface area contributed by atoms with Gasteiger partial charge in [-0.1, -0.05) is 6.07 Å². The predicted octanol–water partition coefficient (Wildman–Crippen LogP) is 2.94. The molecule has 0 saturated carbocycles. The lowest BCUT2D eigenvalue weighted by Gasteiger charge is -2.07. The third kappa shape index (κ3) is 2.55. The second-order valence-corrected chi connectivity index (χ2v) is 6.40. The second-order valence-electron chi connectivity index (χ2n) is 5.45. The van der Waals surface area contributed by atoms with E-state index in [2.05, 4.69) is 5.32 Å². The molecule has 0 fully saturated rings. The lowest BCUT2D eigenvalue weighted by atomic mass is 10.1. The van der Waals surface area contributed by atoms with Gasteiger partial charge in [0.25, 0.3) is 5.91 Å². The average molecular weight is 328 g/mol. The topological polar surface area (TPSA) is 52.5 Å². The van der Waals surface area contributed by atoms with Crippen molar-refractivity contribution >= 4 is 27.5 Å². The highest BCUT2D eigenvalue weighted by atomic mass is 32.1. The number of hydrogen-bond donors (Lipinski definition) is 1. The van der Waals surface area contributed by atoms with Gasteiger partial charge in [-0.3, -0.25) is 4.79 Å². The van der Waals surface area contributed by atoms with Gasteiger partial charge in [-0.25, -0.2) is 0 Å². The summed E-state index contributed by atoms with van der Waals surface area (Å²) >= 11 is 1.65. The Hall–Kier alpha value is -2.47. The predicted molar refractivity (Wildman–Crippen MR) is 89.4 cm³/mol. The number of thiophene rings is 1. The molecule has 0 spiro atoms. The van der Waals surface area contributed by atoms with E-state index < -0.39 is 0 Å². The molecule has 1 aliphatic heterocycles. The van der Waals surface area contributed by atoms with Crippen molar-refractivity contribution in [2.75, 3.05) is 13.3 Å². The Morgan fingerprint density at radius 3 is 3.00 bits per heavy atom. The van der Waals surface area contributed by atoms with Gasteiger partial charge in [0.05, 0.1) is 10.2 Å². The Labute approximate surface area is 137 Å². The minimum Gasteiger partial charge on any atom is -0.454 e. The fraction of sp³-hybridized carbons (Fsp3) is 0.235. The first kappa shape index (κ1) is 14.1. The number of fused-ring (bicyclic) bond motifs is 2. The average Bonchev–Trinajstić information content (AvgIpc) is 3.24. The molecule has 23 heavy (non-hydrogen) atoms. The number of aromatic nitrogens is 1. The van der Waals surface area contributed by atoms with Crippen LogP contribution >= 0.6 is 11.3 Å². The van der Waals surface area contributed by atoms with Crippen LogP contribution in [0.2, 0.25) is 0 Å². The maximum absolute atomic E-state index is 12.3. The highest BCUT2D eigenvalue weighted by molar-refractivity contribution is 7.17. The van der Waals surface area contributed by atoms with Crippen molar-refractivity contribution in [1.82, 2.24) is 9.88 Å². The Bertz CT molecular complexity index is 881. The molecule has 0 bridgehead atoms. The summed E-state index contributed by atoms with van der Waals surface area (Å²) in [5.74, 6) is 1.51. The lowest BCUT2D eigenvalue weighted by molar-refractivity contribution is 0.0946. The molecule has 118 valence electrons. The van der Waals surface area contributed by atoms with Gasteiger partial charge in [0.1, 0.15) is 5.69 Å². The Morgan fingerprint density at radius 2 is 2.13 bits per heavy atom. The number of carbonyl (C=O) groups excluding carboxylic acids is 1. The molecule has 1 aliphatic rings. The molecule has 6 heteroatoms. The first-order valence-electron chi connectivity index (χ1n) is 7.42. The summed E-state index contributed by atoms with van der Waals surface area (Å²) in [7, 11) is 1.92. The Balaban J connectivity index is 1.40. The molecule has 0 radical (unpaired) electrons. The molecule has 1 amide bonds. The molecule has 0 atom stereocenters. The van der Waals surface area contributed by atoms with Crippen LogP contribution in [0.1, 0.15) is 16.1 Å². The summed E-state index contributed by atoms with van der Waals surface area (Å²) in [6, 6.07) is 9.84. The van der Waals surface area contributed by atoms with Crippen LogP contribution in [-0.2, 0) is 13.5 Å². The van der Waals surface area contributed by atoms with Crippen LogP contribution in [0.3, 0.4) is 0 Å². The Kier molecular flexibility index (Phi) is 3.46. The summed E-state index contributed by atoms with van der Waals surface area (Å²) in [5.41, 5.74) is 2.90. The largest absolute Gasteiger partial charge is 0.454 e. The van der Waals surface area contributed by atoms with E-state index in [0.717, 1.165) is 33.7 Å². The van der Waals surface area contributed by atoms with Crippen LogP contribution in [0.4, 0.5) is 0 Å². The van der Waals surface area contributed by atoms with Crippen LogP contribution in [0, 0.1) is 0 Å². The molecular formula is C17H16N2O3S. The fourth-order valence-electron chi connectivity index (χ4n) is 2.78.